The fourth-order valence-corrected chi connectivity index (χ4v) is 3.56. The average Bonchev–Trinajstić information content (AvgIpc) is 2.57. The number of hydrogen-bond donors (Lipinski definition) is 2. The lowest BCUT2D eigenvalue weighted by Crippen LogP contribution is -3.16. The molecule has 2 fully saturated rings. The molecule has 5 heteroatoms. The Morgan fingerprint density at radius 1 is 1.17 bits per heavy atom. The first kappa shape index (κ1) is 16.1. The molecule has 2 heterocycles. The van der Waals surface area contributed by atoms with Gasteiger partial charge < -0.3 is 19.8 Å². The number of quaternary nitrogens is 1. The van der Waals surface area contributed by atoms with Gasteiger partial charge in [0, 0.05) is 13.1 Å². The maximum Gasteiger partial charge on any atom is 0.277 e. The summed E-state index contributed by atoms with van der Waals surface area (Å²) < 4.78 is 0. The zero-order valence-electron chi connectivity index (χ0n) is 14.0. The molecule has 23 heavy (non-hydrogen) atoms. The summed E-state index contributed by atoms with van der Waals surface area (Å²) in [4.78, 5) is 18.0. The van der Waals surface area contributed by atoms with E-state index in [0.717, 1.165) is 63.7 Å². The van der Waals surface area contributed by atoms with Crippen LogP contribution >= 0.6 is 0 Å². The van der Waals surface area contributed by atoms with Crippen LogP contribution in [0.4, 0.5) is 5.69 Å². The molecule has 2 aliphatic rings. The number of carbonyl (C=O) groups is 1. The number of aromatic hydroxyl groups is 1. The number of phenolic OH excluding ortho intramolecular Hbond substituents is 1. The number of carbonyl (C=O) groups excluding carboxylic acids is 1. The van der Waals surface area contributed by atoms with E-state index in [1.807, 2.05) is 23.1 Å². The van der Waals surface area contributed by atoms with Crippen LogP contribution in [0.5, 0.6) is 5.75 Å². The second-order valence-corrected chi connectivity index (χ2v) is 6.97. The Kier molecular flexibility index (Phi) is 5.06. The maximum atomic E-state index is 12.4. The highest BCUT2D eigenvalue weighted by molar-refractivity contribution is 5.77. The smallest absolute Gasteiger partial charge is 0.277 e. The molecule has 2 aliphatic heterocycles. The second-order valence-electron chi connectivity index (χ2n) is 6.97. The molecule has 0 radical (unpaired) electrons. The number of anilines is 1. The summed E-state index contributed by atoms with van der Waals surface area (Å²) in [6, 6.07) is 7.49. The van der Waals surface area contributed by atoms with Gasteiger partial charge >= 0.3 is 0 Å². The number of nitrogens with zero attached hydrogens (tertiary/aromatic N) is 2. The Labute approximate surface area is 138 Å². The van der Waals surface area contributed by atoms with Crippen molar-refractivity contribution in [2.75, 3.05) is 50.7 Å². The van der Waals surface area contributed by atoms with Crippen LogP contribution in [0.25, 0.3) is 0 Å². The average molecular weight is 318 g/mol. The van der Waals surface area contributed by atoms with E-state index in [1.54, 1.807) is 6.07 Å². The molecule has 0 saturated carbocycles. The van der Waals surface area contributed by atoms with Crippen molar-refractivity contribution in [3.63, 3.8) is 0 Å². The predicted molar refractivity (Wildman–Crippen MR) is 90.9 cm³/mol. The van der Waals surface area contributed by atoms with E-state index in [1.165, 1.54) is 4.90 Å². The first-order chi connectivity index (χ1) is 11.1. The lowest BCUT2D eigenvalue weighted by Gasteiger charge is -2.35. The number of rotatable bonds is 3. The summed E-state index contributed by atoms with van der Waals surface area (Å²) in [6.45, 7) is 8.41. The highest BCUT2D eigenvalue weighted by Gasteiger charge is 2.27. The normalized spacial score (nSPS) is 20.7. The van der Waals surface area contributed by atoms with Crippen LogP contribution in [0.2, 0.25) is 0 Å². The summed E-state index contributed by atoms with van der Waals surface area (Å²) in [6.07, 6.45) is 2.28. The zero-order valence-corrected chi connectivity index (χ0v) is 14.0. The van der Waals surface area contributed by atoms with E-state index < -0.39 is 0 Å². The van der Waals surface area contributed by atoms with Gasteiger partial charge in [0.1, 0.15) is 5.75 Å². The molecule has 0 bridgehead atoms. The Morgan fingerprint density at radius 3 is 2.48 bits per heavy atom. The number of likely N-dealkylation sites (tertiary alicyclic amines) is 1. The second kappa shape index (κ2) is 7.21. The van der Waals surface area contributed by atoms with Gasteiger partial charge in [0.05, 0.1) is 31.9 Å². The third-order valence-electron chi connectivity index (χ3n) is 5.23. The van der Waals surface area contributed by atoms with Gasteiger partial charge in [-0.2, -0.15) is 0 Å². The maximum absolute atomic E-state index is 12.4. The largest absolute Gasteiger partial charge is 0.506 e. The van der Waals surface area contributed by atoms with Gasteiger partial charge in [-0.05, 0) is 30.9 Å². The summed E-state index contributed by atoms with van der Waals surface area (Å²) in [5.74, 6) is 1.41. The summed E-state index contributed by atoms with van der Waals surface area (Å²) in [5, 5.41) is 9.96. The van der Waals surface area contributed by atoms with Gasteiger partial charge in [0.15, 0.2) is 6.54 Å². The van der Waals surface area contributed by atoms with Crippen LogP contribution in [0.3, 0.4) is 0 Å². The minimum atomic E-state index is 0.308. The number of benzene rings is 1. The van der Waals surface area contributed by atoms with Crippen molar-refractivity contribution in [3.8, 4) is 5.75 Å². The van der Waals surface area contributed by atoms with Gasteiger partial charge in [0.2, 0.25) is 0 Å². The number of piperazine rings is 1. The van der Waals surface area contributed by atoms with Gasteiger partial charge in [0.25, 0.3) is 5.91 Å². The zero-order chi connectivity index (χ0) is 16.2. The van der Waals surface area contributed by atoms with E-state index in [2.05, 4.69) is 11.8 Å². The summed E-state index contributed by atoms with van der Waals surface area (Å²) >= 11 is 0. The lowest BCUT2D eigenvalue weighted by molar-refractivity contribution is -0.892. The SMILES string of the molecule is CC1CCN(C(=O)C[NH+]2CCN(c3ccccc3O)CC2)CC1. The Bertz CT molecular complexity index is 533. The van der Waals surface area contributed by atoms with Crippen molar-refractivity contribution in [1.82, 2.24) is 4.90 Å². The lowest BCUT2D eigenvalue weighted by atomic mass is 9.99. The van der Waals surface area contributed by atoms with E-state index in [4.69, 9.17) is 0 Å². The molecule has 2 N–H and O–H groups in total. The molecule has 126 valence electrons. The number of para-hydroxylation sites is 2. The number of piperidine rings is 1. The van der Waals surface area contributed by atoms with Crippen molar-refractivity contribution >= 4 is 11.6 Å². The van der Waals surface area contributed by atoms with Crippen LogP contribution in [-0.4, -0.2) is 61.7 Å². The van der Waals surface area contributed by atoms with Gasteiger partial charge in [-0.1, -0.05) is 19.1 Å². The number of amides is 1. The van der Waals surface area contributed by atoms with E-state index in [0.29, 0.717) is 18.2 Å². The standard InChI is InChI=1S/C18H27N3O2/c1-15-6-8-21(9-7-15)18(23)14-19-10-12-20(13-11-19)16-4-2-3-5-17(16)22/h2-5,15,22H,6-14H2,1H3/p+1. The molecule has 0 aliphatic carbocycles. The first-order valence-electron chi connectivity index (χ1n) is 8.78. The van der Waals surface area contributed by atoms with Crippen LogP contribution in [0.15, 0.2) is 24.3 Å². The molecule has 5 nitrogen and oxygen atoms in total. The number of hydrogen-bond acceptors (Lipinski definition) is 3. The highest BCUT2D eigenvalue weighted by atomic mass is 16.3. The first-order valence-corrected chi connectivity index (χ1v) is 8.78. The van der Waals surface area contributed by atoms with Crippen LogP contribution in [0, 0.1) is 5.92 Å². The molecular formula is C18H28N3O2+. The minimum Gasteiger partial charge on any atom is -0.506 e. The van der Waals surface area contributed by atoms with Crippen molar-refractivity contribution in [2.24, 2.45) is 5.92 Å². The summed E-state index contributed by atoms with van der Waals surface area (Å²) in [5.41, 5.74) is 0.905. The minimum absolute atomic E-state index is 0.308. The highest BCUT2D eigenvalue weighted by Crippen LogP contribution is 2.25. The Balaban J connectivity index is 1.48. The van der Waals surface area contributed by atoms with E-state index >= 15 is 0 Å². The van der Waals surface area contributed by atoms with Crippen molar-refractivity contribution in [2.45, 2.75) is 19.8 Å². The molecule has 2 saturated heterocycles. The van der Waals surface area contributed by atoms with E-state index in [9.17, 15) is 9.90 Å². The molecule has 1 aromatic carbocycles. The quantitative estimate of drug-likeness (QED) is 0.846. The van der Waals surface area contributed by atoms with Crippen molar-refractivity contribution in [1.29, 1.82) is 0 Å². The van der Waals surface area contributed by atoms with Gasteiger partial charge in [-0.3, -0.25) is 4.79 Å². The molecule has 0 unspecified atom stereocenters. The molecule has 0 spiro atoms. The topological polar surface area (TPSA) is 48.2 Å². The molecule has 0 aromatic heterocycles. The van der Waals surface area contributed by atoms with E-state index in [-0.39, 0.29) is 0 Å². The van der Waals surface area contributed by atoms with Crippen LogP contribution in [0.1, 0.15) is 19.8 Å². The monoisotopic (exact) mass is 318 g/mol. The third kappa shape index (κ3) is 3.96. The Hall–Kier alpha value is -1.75. The predicted octanol–water partition coefficient (Wildman–Crippen LogP) is 0.356. The van der Waals surface area contributed by atoms with Crippen molar-refractivity contribution in [3.05, 3.63) is 24.3 Å². The molecular weight excluding hydrogens is 290 g/mol. The Morgan fingerprint density at radius 2 is 1.83 bits per heavy atom. The fraction of sp³-hybridized carbons (Fsp3) is 0.611. The van der Waals surface area contributed by atoms with Gasteiger partial charge in [-0.25, -0.2) is 0 Å². The van der Waals surface area contributed by atoms with Crippen LogP contribution in [-0.2, 0) is 4.79 Å². The molecule has 0 atom stereocenters. The number of phenols is 1. The van der Waals surface area contributed by atoms with Crippen LogP contribution < -0.4 is 9.80 Å². The summed E-state index contributed by atoms with van der Waals surface area (Å²) in [7, 11) is 0. The van der Waals surface area contributed by atoms with Crippen molar-refractivity contribution < 1.29 is 14.8 Å². The molecule has 1 aromatic rings. The third-order valence-corrected chi connectivity index (χ3v) is 5.23. The number of nitrogens with one attached hydrogen (secondary N) is 1. The molecule has 1 amide bonds. The fourth-order valence-electron chi connectivity index (χ4n) is 3.56. The van der Waals surface area contributed by atoms with Gasteiger partial charge in [-0.15, -0.1) is 0 Å². The molecule has 3 rings (SSSR count).